The number of fused-ring (bicyclic) bond motifs is 6. The van der Waals surface area contributed by atoms with Crippen molar-refractivity contribution in [3.63, 3.8) is 0 Å². The molecule has 2 heterocycles. The predicted octanol–water partition coefficient (Wildman–Crippen LogP) is 10.7. The van der Waals surface area contributed by atoms with Crippen molar-refractivity contribution in [2.75, 3.05) is 0 Å². The van der Waals surface area contributed by atoms with E-state index in [4.69, 9.17) is 0 Å². The van der Waals surface area contributed by atoms with Crippen LogP contribution in [0.25, 0.3) is 66.1 Å². The highest BCUT2D eigenvalue weighted by Gasteiger charge is 2.20. The van der Waals surface area contributed by atoms with Crippen molar-refractivity contribution in [3.05, 3.63) is 139 Å². The molecular weight excluding hydrogens is 575 g/mol. The monoisotopic (exact) mass is 606 g/mol. The largest absolute Gasteiger partial charge is 0.309 e. The number of halogens is 2. The number of benzene rings is 6. The van der Waals surface area contributed by atoms with Gasteiger partial charge in [0.1, 0.15) is 11.6 Å². The minimum atomic E-state index is -1.55. The summed E-state index contributed by atoms with van der Waals surface area (Å²) in [7, 11) is -1.55. The van der Waals surface area contributed by atoms with Gasteiger partial charge in [-0.2, -0.15) is 0 Å². The molecule has 0 aliphatic heterocycles. The molecule has 6 aromatic carbocycles. The summed E-state index contributed by atoms with van der Waals surface area (Å²) in [5.41, 5.74) is 7.83. The number of hydrogen-bond donors (Lipinski definition) is 0. The van der Waals surface area contributed by atoms with Crippen molar-refractivity contribution in [2.45, 2.75) is 26.6 Å². The molecule has 2 nitrogen and oxygen atoms in total. The van der Waals surface area contributed by atoms with Crippen molar-refractivity contribution in [1.29, 1.82) is 0 Å². The van der Waals surface area contributed by atoms with Crippen LogP contribution in [0, 0.1) is 18.6 Å². The maximum Gasteiger partial charge on any atom is 0.125 e. The van der Waals surface area contributed by atoms with E-state index in [2.05, 4.69) is 102 Å². The van der Waals surface area contributed by atoms with Crippen molar-refractivity contribution < 1.29 is 8.78 Å². The molecule has 0 bridgehead atoms. The Bertz CT molecular complexity index is 2460. The number of aromatic nitrogens is 2. The molecule has 45 heavy (non-hydrogen) atoms. The summed E-state index contributed by atoms with van der Waals surface area (Å²) < 4.78 is 35.3. The number of nitrogens with zero attached hydrogens (tertiary/aromatic N) is 2. The van der Waals surface area contributed by atoms with Gasteiger partial charge in [0.05, 0.1) is 30.1 Å². The summed E-state index contributed by atoms with van der Waals surface area (Å²) in [5.74, 6) is -0.743. The Hall–Kier alpha value is -5.00. The lowest BCUT2D eigenvalue weighted by Gasteiger charge is -2.17. The molecule has 8 rings (SSSR count). The van der Waals surface area contributed by atoms with Crippen LogP contribution in [-0.2, 0) is 0 Å². The summed E-state index contributed by atoms with van der Waals surface area (Å²) >= 11 is 0. The van der Waals surface area contributed by atoms with E-state index < -0.39 is 8.07 Å². The molecule has 2 aromatic heterocycles. The SMILES string of the molecule is Cc1ccc2c(c1)c1ccccc1n2-c1cc(F)cc(-c2cc(F)cc(-n3c4ccccc4c4cc([Si](C)(C)C)ccc43)c2)c1. The summed E-state index contributed by atoms with van der Waals surface area (Å²) in [6.07, 6.45) is 0. The molecule has 0 fully saturated rings. The summed E-state index contributed by atoms with van der Waals surface area (Å²) in [4.78, 5) is 0. The van der Waals surface area contributed by atoms with Gasteiger partial charge in [-0.15, -0.1) is 0 Å². The molecule has 5 heteroatoms. The molecule has 0 spiro atoms. The van der Waals surface area contributed by atoms with E-state index >= 15 is 8.78 Å². The minimum Gasteiger partial charge on any atom is -0.309 e. The maximum absolute atomic E-state index is 15.5. The average Bonchev–Trinajstić information content (AvgIpc) is 3.52. The van der Waals surface area contributed by atoms with E-state index in [0.717, 1.165) is 43.6 Å². The molecule has 0 radical (unpaired) electrons. The number of para-hydroxylation sites is 2. The fraction of sp³-hybridized carbons (Fsp3) is 0.100. The Kier molecular flexibility index (Phi) is 6.13. The zero-order valence-electron chi connectivity index (χ0n) is 25.7. The van der Waals surface area contributed by atoms with E-state index in [-0.39, 0.29) is 11.6 Å². The van der Waals surface area contributed by atoms with Crippen LogP contribution in [-0.4, -0.2) is 17.2 Å². The second kappa shape index (κ2) is 10.0. The lowest BCUT2D eigenvalue weighted by molar-refractivity contribution is 0.625. The second-order valence-corrected chi connectivity index (χ2v) is 18.2. The van der Waals surface area contributed by atoms with Gasteiger partial charge in [0, 0.05) is 32.9 Å². The van der Waals surface area contributed by atoms with E-state index in [1.165, 1.54) is 22.9 Å². The van der Waals surface area contributed by atoms with Gasteiger partial charge < -0.3 is 9.13 Å². The van der Waals surface area contributed by atoms with Crippen LogP contribution in [0.1, 0.15) is 5.56 Å². The second-order valence-electron chi connectivity index (χ2n) is 13.1. The van der Waals surface area contributed by atoms with Gasteiger partial charge in [0.25, 0.3) is 0 Å². The quantitative estimate of drug-likeness (QED) is 0.176. The molecule has 220 valence electrons. The minimum absolute atomic E-state index is 0.370. The molecule has 0 aliphatic rings. The van der Waals surface area contributed by atoms with E-state index in [9.17, 15) is 0 Å². The van der Waals surface area contributed by atoms with E-state index in [0.29, 0.717) is 22.5 Å². The van der Waals surface area contributed by atoms with Gasteiger partial charge in [0.2, 0.25) is 0 Å². The molecule has 0 amide bonds. The van der Waals surface area contributed by atoms with Crippen LogP contribution < -0.4 is 5.19 Å². The molecule has 0 N–H and O–H groups in total. The first-order valence-corrected chi connectivity index (χ1v) is 18.8. The Morgan fingerprint density at radius 1 is 0.467 bits per heavy atom. The van der Waals surface area contributed by atoms with Crippen LogP contribution in [0.5, 0.6) is 0 Å². The first-order chi connectivity index (χ1) is 21.7. The third-order valence-electron chi connectivity index (χ3n) is 8.98. The van der Waals surface area contributed by atoms with Crippen molar-refractivity contribution >= 4 is 56.9 Å². The molecular formula is C40H32F2N2Si. The van der Waals surface area contributed by atoms with Crippen LogP contribution in [0.2, 0.25) is 19.6 Å². The normalized spacial score (nSPS) is 12.2. The highest BCUT2D eigenvalue weighted by atomic mass is 28.3. The smallest absolute Gasteiger partial charge is 0.125 e. The molecule has 8 aromatic rings. The van der Waals surface area contributed by atoms with Crippen molar-refractivity contribution in [3.8, 4) is 22.5 Å². The average molecular weight is 607 g/mol. The van der Waals surface area contributed by atoms with Crippen molar-refractivity contribution in [2.24, 2.45) is 0 Å². The molecule has 0 saturated heterocycles. The number of rotatable bonds is 4. The Morgan fingerprint density at radius 2 is 0.933 bits per heavy atom. The third kappa shape index (κ3) is 4.49. The molecule has 0 saturated carbocycles. The fourth-order valence-corrected chi connectivity index (χ4v) is 7.98. The van der Waals surface area contributed by atoms with Crippen LogP contribution in [0.15, 0.2) is 121 Å². The first-order valence-electron chi connectivity index (χ1n) is 15.3. The van der Waals surface area contributed by atoms with Gasteiger partial charge in [-0.3, -0.25) is 0 Å². The van der Waals surface area contributed by atoms with Crippen LogP contribution >= 0.6 is 0 Å². The fourth-order valence-electron chi connectivity index (χ4n) is 6.82. The zero-order chi connectivity index (χ0) is 31.0. The summed E-state index contributed by atoms with van der Waals surface area (Å²) in [6.45, 7) is 9.12. The molecule has 0 atom stereocenters. The Morgan fingerprint density at radius 3 is 1.47 bits per heavy atom. The van der Waals surface area contributed by atoms with Crippen LogP contribution in [0.3, 0.4) is 0 Å². The van der Waals surface area contributed by atoms with Crippen molar-refractivity contribution in [1.82, 2.24) is 9.13 Å². The third-order valence-corrected chi connectivity index (χ3v) is 11.0. The lowest BCUT2D eigenvalue weighted by atomic mass is 10.0. The summed E-state index contributed by atoms with van der Waals surface area (Å²) in [6, 6.07) is 39.5. The topological polar surface area (TPSA) is 9.86 Å². The summed E-state index contributed by atoms with van der Waals surface area (Å²) in [5, 5.41) is 5.90. The Balaban J connectivity index is 1.34. The first kappa shape index (κ1) is 27.5. The number of aryl methyl sites for hydroxylation is 1. The standard InChI is InChI=1S/C40H32F2N2Si/c1-25-13-15-39-35(17-25)33-9-5-7-11-37(33)43(39)30-20-26(18-28(41)22-30)27-19-29(42)23-31(21-27)44-38-12-8-6-10-34(38)36-24-32(45(2,3)4)14-16-40(36)44/h5-24H,1-4H3. The van der Waals surface area contributed by atoms with Crippen LogP contribution in [0.4, 0.5) is 8.78 Å². The predicted molar refractivity (Wildman–Crippen MR) is 188 cm³/mol. The molecule has 0 aliphatic carbocycles. The van der Waals surface area contributed by atoms with Gasteiger partial charge in [-0.25, -0.2) is 8.78 Å². The molecule has 0 unspecified atom stereocenters. The van der Waals surface area contributed by atoms with E-state index in [1.54, 1.807) is 12.1 Å². The zero-order valence-corrected chi connectivity index (χ0v) is 26.7. The number of hydrogen-bond acceptors (Lipinski definition) is 0. The van der Waals surface area contributed by atoms with Gasteiger partial charge in [-0.05, 0) is 84.8 Å². The van der Waals surface area contributed by atoms with Gasteiger partial charge in [0.15, 0.2) is 0 Å². The Labute approximate surface area is 261 Å². The highest BCUT2D eigenvalue weighted by molar-refractivity contribution is 6.88. The van der Waals surface area contributed by atoms with Gasteiger partial charge >= 0.3 is 0 Å². The maximum atomic E-state index is 15.5. The highest BCUT2D eigenvalue weighted by Crippen LogP contribution is 2.37. The lowest BCUT2D eigenvalue weighted by Crippen LogP contribution is -2.37. The van der Waals surface area contributed by atoms with Gasteiger partial charge in [-0.1, -0.05) is 85.0 Å². The van der Waals surface area contributed by atoms with E-state index in [1.807, 2.05) is 30.3 Å².